The van der Waals surface area contributed by atoms with Gasteiger partial charge in [0, 0.05) is 7.11 Å². The van der Waals surface area contributed by atoms with Crippen molar-refractivity contribution < 1.29 is 13.2 Å². The normalized spacial score (nSPS) is 33.4. The van der Waals surface area contributed by atoms with Crippen molar-refractivity contribution in [3.05, 3.63) is 0 Å². The van der Waals surface area contributed by atoms with E-state index in [1.165, 1.54) is 7.11 Å². The van der Waals surface area contributed by atoms with E-state index >= 15 is 0 Å². The summed E-state index contributed by atoms with van der Waals surface area (Å²) in [5, 5.41) is 4.44. The molecule has 0 heterocycles. The van der Waals surface area contributed by atoms with Crippen LogP contribution >= 0.6 is 0 Å². The smallest absolute Gasteiger partial charge is 0.214 e. The van der Waals surface area contributed by atoms with Gasteiger partial charge in [-0.1, -0.05) is 0 Å². The molecule has 0 aromatic heterocycles. The second kappa shape index (κ2) is 2.48. The third kappa shape index (κ3) is 1.31. The lowest BCUT2D eigenvalue weighted by Crippen LogP contribution is -2.47. The first-order valence-electron chi connectivity index (χ1n) is 3.10. The molecule has 0 bridgehead atoms. The Labute approximate surface area is 60.4 Å². The van der Waals surface area contributed by atoms with Gasteiger partial charge in [-0.05, 0) is 12.8 Å². The molecule has 2 N–H and O–H groups in total. The molecule has 1 fully saturated rings. The molecule has 0 saturated heterocycles. The predicted molar refractivity (Wildman–Crippen MR) is 36.9 cm³/mol. The zero-order valence-corrected chi connectivity index (χ0v) is 6.60. The molecule has 5 heteroatoms. The zero-order valence-electron chi connectivity index (χ0n) is 5.78. The van der Waals surface area contributed by atoms with Gasteiger partial charge >= 0.3 is 0 Å². The molecule has 1 rings (SSSR count). The molecular weight excluding hydrogens is 154 g/mol. The molecule has 2 unspecified atom stereocenters. The van der Waals surface area contributed by atoms with Crippen molar-refractivity contribution in [1.82, 2.24) is 0 Å². The first-order chi connectivity index (χ1) is 4.55. The zero-order chi connectivity index (χ0) is 7.78. The summed E-state index contributed by atoms with van der Waals surface area (Å²) in [7, 11) is -1.85. The lowest BCUT2D eigenvalue weighted by molar-refractivity contribution is 0.0450. The van der Waals surface area contributed by atoms with E-state index in [0.29, 0.717) is 6.42 Å². The highest BCUT2D eigenvalue weighted by atomic mass is 32.2. The topological polar surface area (TPSA) is 69.4 Å². The van der Waals surface area contributed by atoms with Crippen LogP contribution in [0.5, 0.6) is 0 Å². The van der Waals surface area contributed by atoms with E-state index in [0.717, 1.165) is 6.42 Å². The van der Waals surface area contributed by atoms with Crippen LogP contribution in [-0.2, 0) is 14.8 Å². The quantitative estimate of drug-likeness (QED) is 0.597. The van der Waals surface area contributed by atoms with Gasteiger partial charge in [-0.15, -0.1) is 0 Å². The minimum atomic E-state index is -3.35. The SMILES string of the molecule is COC1CCC1S(N)(=O)=O. The molecule has 0 aliphatic heterocycles. The van der Waals surface area contributed by atoms with Gasteiger partial charge in [0.1, 0.15) is 5.25 Å². The van der Waals surface area contributed by atoms with Crippen molar-refractivity contribution in [3.63, 3.8) is 0 Å². The van der Waals surface area contributed by atoms with Crippen molar-refractivity contribution in [2.24, 2.45) is 5.14 Å². The Balaban J connectivity index is 2.60. The molecule has 0 radical (unpaired) electrons. The highest BCUT2D eigenvalue weighted by Crippen LogP contribution is 2.27. The molecule has 1 aliphatic rings. The molecule has 1 saturated carbocycles. The van der Waals surface area contributed by atoms with Gasteiger partial charge in [-0.2, -0.15) is 0 Å². The first kappa shape index (κ1) is 7.97. The predicted octanol–water partition coefficient (Wildman–Crippen LogP) is -0.548. The van der Waals surface area contributed by atoms with Crippen LogP contribution in [0.4, 0.5) is 0 Å². The maximum Gasteiger partial charge on any atom is 0.214 e. The van der Waals surface area contributed by atoms with Crippen molar-refractivity contribution in [3.8, 4) is 0 Å². The van der Waals surface area contributed by atoms with Gasteiger partial charge in [0.05, 0.1) is 6.10 Å². The minimum absolute atomic E-state index is 0.171. The Morgan fingerprint density at radius 3 is 2.20 bits per heavy atom. The van der Waals surface area contributed by atoms with Crippen molar-refractivity contribution in [2.75, 3.05) is 7.11 Å². The number of hydrogen-bond donors (Lipinski definition) is 1. The highest BCUT2D eigenvalue weighted by Gasteiger charge is 2.38. The molecule has 1 aliphatic carbocycles. The molecule has 0 aromatic rings. The van der Waals surface area contributed by atoms with Crippen LogP contribution in [0.25, 0.3) is 0 Å². The second-order valence-electron chi connectivity index (χ2n) is 2.48. The van der Waals surface area contributed by atoms with Gasteiger partial charge in [0.25, 0.3) is 0 Å². The van der Waals surface area contributed by atoms with Crippen LogP contribution in [-0.4, -0.2) is 26.9 Å². The molecule has 4 nitrogen and oxygen atoms in total. The maximum atomic E-state index is 10.7. The van der Waals surface area contributed by atoms with E-state index in [2.05, 4.69) is 0 Å². The Morgan fingerprint density at radius 1 is 1.50 bits per heavy atom. The lowest BCUT2D eigenvalue weighted by Gasteiger charge is -2.32. The maximum absolute atomic E-state index is 10.7. The number of primary sulfonamides is 1. The molecule has 60 valence electrons. The van der Waals surface area contributed by atoms with Crippen molar-refractivity contribution in [2.45, 2.75) is 24.2 Å². The highest BCUT2D eigenvalue weighted by molar-refractivity contribution is 7.89. The van der Waals surface area contributed by atoms with Gasteiger partial charge in [-0.3, -0.25) is 0 Å². The van der Waals surface area contributed by atoms with Gasteiger partial charge < -0.3 is 4.74 Å². The summed E-state index contributed by atoms with van der Waals surface area (Å²) in [6.45, 7) is 0. The second-order valence-corrected chi connectivity index (χ2v) is 4.26. The molecular formula is C5H11NO3S. The number of methoxy groups -OCH3 is 1. The first-order valence-corrected chi connectivity index (χ1v) is 4.71. The molecule has 0 spiro atoms. The summed E-state index contributed by atoms with van der Waals surface area (Å²) in [5.74, 6) is 0. The van der Waals surface area contributed by atoms with Crippen LogP contribution in [0.3, 0.4) is 0 Å². The summed E-state index contributed by atoms with van der Waals surface area (Å²) < 4.78 is 26.2. The van der Waals surface area contributed by atoms with Crippen molar-refractivity contribution in [1.29, 1.82) is 0 Å². The van der Waals surface area contributed by atoms with E-state index in [9.17, 15) is 8.42 Å². The largest absolute Gasteiger partial charge is 0.380 e. The number of rotatable bonds is 2. The van der Waals surface area contributed by atoms with Gasteiger partial charge in [0.2, 0.25) is 10.0 Å². The minimum Gasteiger partial charge on any atom is -0.380 e. The lowest BCUT2D eigenvalue weighted by atomic mass is 9.95. The number of nitrogens with two attached hydrogens (primary N) is 1. The molecule has 10 heavy (non-hydrogen) atoms. The summed E-state index contributed by atoms with van der Waals surface area (Å²) in [5.41, 5.74) is 0. The van der Waals surface area contributed by atoms with Crippen LogP contribution in [0, 0.1) is 0 Å². The summed E-state index contributed by atoms with van der Waals surface area (Å²) in [4.78, 5) is 0. The summed E-state index contributed by atoms with van der Waals surface area (Å²) in [6, 6.07) is 0. The summed E-state index contributed by atoms with van der Waals surface area (Å²) in [6.07, 6.45) is 1.27. The Bertz CT molecular complexity index is 209. The van der Waals surface area contributed by atoms with Gasteiger partial charge in [-0.25, -0.2) is 13.6 Å². The summed E-state index contributed by atoms with van der Waals surface area (Å²) >= 11 is 0. The fraction of sp³-hybridized carbons (Fsp3) is 1.00. The van der Waals surface area contributed by atoms with Crippen molar-refractivity contribution >= 4 is 10.0 Å². The Kier molecular flexibility index (Phi) is 1.98. The monoisotopic (exact) mass is 165 g/mol. The number of sulfonamides is 1. The fourth-order valence-corrected chi connectivity index (χ4v) is 2.22. The number of ether oxygens (including phenoxy) is 1. The van der Waals surface area contributed by atoms with E-state index < -0.39 is 15.3 Å². The Hall–Kier alpha value is -0.130. The van der Waals surface area contributed by atoms with E-state index in [1.807, 2.05) is 0 Å². The third-order valence-electron chi connectivity index (χ3n) is 1.88. The van der Waals surface area contributed by atoms with Gasteiger partial charge in [0.15, 0.2) is 0 Å². The fourth-order valence-electron chi connectivity index (χ4n) is 1.08. The average Bonchev–Trinajstić information content (AvgIpc) is 1.57. The number of hydrogen-bond acceptors (Lipinski definition) is 3. The van der Waals surface area contributed by atoms with E-state index in [4.69, 9.17) is 9.88 Å². The third-order valence-corrected chi connectivity index (χ3v) is 3.26. The average molecular weight is 165 g/mol. The van der Waals surface area contributed by atoms with Crippen LogP contribution in [0.15, 0.2) is 0 Å². The van der Waals surface area contributed by atoms with Crippen LogP contribution < -0.4 is 5.14 Å². The van der Waals surface area contributed by atoms with Crippen LogP contribution in [0.1, 0.15) is 12.8 Å². The van der Waals surface area contributed by atoms with Crippen LogP contribution in [0.2, 0.25) is 0 Å². The Morgan fingerprint density at radius 2 is 2.10 bits per heavy atom. The molecule has 0 amide bonds. The standard InChI is InChI=1S/C5H11NO3S/c1-9-4-2-3-5(4)10(6,7)8/h4-5H,2-3H2,1H3,(H2,6,7,8). The molecule has 2 atom stereocenters. The van der Waals surface area contributed by atoms with E-state index in [1.54, 1.807) is 0 Å². The van der Waals surface area contributed by atoms with E-state index in [-0.39, 0.29) is 6.10 Å². The molecule has 0 aromatic carbocycles.